The lowest BCUT2D eigenvalue weighted by Gasteiger charge is -2.34. The first kappa shape index (κ1) is 8.79. The Hall–Kier alpha value is -0.790. The zero-order chi connectivity index (χ0) is 9.26. The topological polar surface area (TPSA) is 37.3 Å². The summed E-state index contributed by atoms with van der Waals surface area (Å²) in [7, 11) is 0. The van der Waals surface area contributed by atoms with Crippen LogP contribution in [0.2, 0.25) is 0 Å². The summed E-state index contributed by atoms with van der Waals surface area (Å²) in [4.78, 5) is 11.8. The maximum Gasteiger partial charge on any atom is 0.165 e. The Morgan fingerprint density at radius 2 is 2.00 bits per heavy atom. The third-order valence-electron chi connectivity index (χ3n) is 3.50. The fourth-order valence-electron chi connectivity index (χ4n) is 2.73. The van der Waals surface area contributed by atoms with Crippen LogP contribution in [0.3, 0.4) is 0 Å². The van der Waals surface area contributed by atoms with Gasteiger partial charge in [-0.2, -0.15) is 0 Å². The molecular formula is C11H16O2. The molecule has 13 heavy (non-hydrogen) atoms. The molecule has 2 heteroatoms. The van der Waals surface area contributed by atoms with Crippen molar-refractivity contribution in [2.75, 3.05) is 0 Å². The monoisotopic (exact) mass is 180 g/mol. The Labute approximate surface area is 78.6 Å². The SMILES string of the molecule is O=C1C(=CO)CCC2CCCCC12. The number of hydrogen-bond acceptors (Lipinski definition) is 2. The van der Waals surface area contributed by atoms with Crippen LogP contribution in [0.4, 0.5) is 0 Å². The van der Waals surface area contributed by atoms with Gasteiger partial charge >= 0.3 is 0 Å². The van der Waals surface area contributed by atoms with E-state index in [-0.39, 0.29) is 11.7 Å². The lowest BCUT2D eigenvalue weighted by molar-refractivity contribution is -0.123. The minimum atomic E-state index is 0.221. The molecular weight excluding hydrogens is 164 g/mol. The summed E-state index contributed by atoms with van der Waals surface area (Å²) in [6.07, 6.45) is 7.64. The smallest absolute Gasteiger partial charge is 0.165 e. The number of allylic oxidation sites excluding steroid dienone is 1. The molecule has 2 nitrogen and oxygen atoms in total. The van der Waals surface area contributed by atoms with E-state index in [0.717, 1.165) is 25.5 Å². The van der Waals surface area contributed by atoms with E-state index in [0.29, 0.717) is 11.5 Å². The molecule has 2 aliphatic rings. The first-order valence-electron chi connectivity index (χ1n) is 5.20. The summed E-state index contributed by atoms with van der Waals surface area (Å²) < 4.78 is 0. The number of aliphatic hydroxyl groups is 1. The van der Waals surface area contributed by atoms with Gasteiger partial charge in [0.15, 0.2) is 5.78 Å². The van der Waals surface area contributed by atoms with Crippen molar-refractivity contribution in [2.45, 2.75) is 38.5 Å². The van der Waals surface area contributed by atoms with E-state index in [4.69, 9.17) is 5.11 Å². The van der Waals surface area contributed by atoms with Crippen molar-refractivity contribution in [3.8, 4) is 0 Å². The van der Waals surface area contributed by atoms with Crippen LogP contribution in [0.25, 0.3) is 0 Å². The van der Waals surface area contributed by atoms with Crippen LogP contribution < -0.4 is 0 Å². The molecule has 2 rings (SSSR count). The fraction of sp³-hybridized carbons (Fsp3) is 0.727. The van der Waals surface area contributed by atoms with Gasteiger partial charge in [0.05, 0.1) is 6.26 Å². The largest absolute Gasteiger partial charge is 0.515 e. The Kier molecular flexibility index (Phi) is 2.38. The predicted octanol–water partition coefficient (Wildman–Crippen LogP) is 2.60. The zero-order valence-corrected chi connectivity index (χ0v) is 7.83. The highest BCUT2D eigenvalue weighted by atomic mass is 16.2. The third-order valence-corrected chi connectivity index (χ3v) is 3.50. The minimum absolute atomic E-state index is 0.221. The third kappa shape index (κ3) is 1.50. The van der Waals surface area contributed by atoms with Gasteiger partial charge in [-0.1, -0.05) is 12.8 Å². The van der Waals surface area contributed by atoms with Gasteiger partial charge in [-0.3, -0.25) is 4.79 Å². The highest BCUT2D eigenvalue weighted by Gasteiger charge is 2.36. The van der Waals surface area contributed by atoms with Gasteiger partial charge < -0.3 is 5.11 Å². The van der Waals surface area contributed by atoms with Crippen molar-refractivity contribution in [3.63, 3.8) is 0 Å². The maximum absolute atomic E-state index is 11.8. The van der Waals surface area contributed by atoms with Crippen LogP contribution in [0.15, 0.2) is 11.8 Å². The van der Waals surface area contributed by atoms with Gasteiger partial charge in [0.25, 0.3) is 0 Å². The zero-order valence-electron chi connectivity index (χ0n) is 7.83. The van der Waals surface area contributed by atoms with Crippen molar-refractivity contribution in [2.24, 2.45) is 11.8 Å². The van der Waals surface area contributed by atoms with Crippen molar-refractivity contribution in [1.82, 2.24) is 0 Å². The Balaban J connectivity index is 2.14. The lowest BCUT2D eigenvalue weighted by atomic mass is 9.69. The number of aliphatic hydroxyl groups excluding tert-OH is 1. The number of Topliss-reactive ketones (excluding diaryl/α,β-unsaturated/α-hetero) is 1. The lowest BCUT2D eigenvalue weighted by Crippen LogP contribution is -2.32. The van der Waals surface area contributed by atoms with Crippen LogP contribution in [-0.4, -0.2) is 10.9 Å². The normalized spacial score (nSPS) is 37.5. The van der Waals surface area contributed by atoms with Crippen LogP contribution in [0, 0.1) is 11.8 Å². The van der Waals surface area contributed by atoms with E-state index in [9.17, 15) is 4.79 Å². The molecule has 2 saturated carbocycles. The Morgan fingerprint density at radius 3 is 2.77 bits per heavy atom. The second-order valence-corrected chi connectivity index (χ2v) is 4.21. The molecule has 2 aliphatic carbocycles. The van der Waals surface area contributed by atoms with Gasteiger partial charge in [0, 0.05) is 11.5 Å². The molecule has 72 valence electrons. The number of fused-ring (bicyclic) bond motifs is 1. The molecule has 2 fully saturated rings. The minimum Gasteiger partial charge on any atom is -0.515 e. The molecule has 2 unspecified atom stereocenters. The summed E-state index contributed by atoms with van der Waals surface area (Å²) in [5, 5.41) is 8.87. The maximum atomic E-state index is 11.8. The summed E-state index contributed by atoms with van der Waals surface area (Å²) >= 11 is 0. The first-order chi connectivity index (χ1) is 6.33. The highest BCUT2D eigenvalue weighted by Crippen LogP contribution is 2.40. The molecule has 1 N–H and O–H groups in total. The van der Waals surface area contributed by atoms with Crippen molar-refractivity contribution in [3.05, 3.63) is 11.8 Å². The second-order valence-electron chi connectivity index (χ2n) is 4.21. The van der Waals surface area contributed by atoms with E-state index < -0.39 is 0 Å². The molecule has 0 amide bonds. The van der Waals surface area contributed by atoms with Gasteiger partial charge in [-0.25, -0.2) is 0 Å². The van der Waals surface area contributed by atoms with Gasteiger partial charge in [0.1, 0.15) is 0 Å². The Morgan fingerprint density at radius 1 is 1.23 bits per heavy atom. The summed E-state index contributed by atoms with van der Waals surface area (Å²) in [5.74, 6) is 1.07. The molecule has 0 aromatic carbocycles. The summed E-state index contributed by atoms with van der Waals surface area (Å²) in [6.45, 7) is 0. The van der Waals surface area contributed by atoms with E-state index >= 15 is 0 Å². The van der Waals surface area contributed by atoms with E-state index in [1.807, 2.05) is 0 Å². The fourth-order valence-corrected chi connectivity index (χ4v) is 2.73. The first-order valence-corrected chi connectivity index (χ1v) is 5.20. The van der Waals surface area contributed by atoms with Gasteiger partial charge in [-0.15, -0.1) is 0 Å². The van der Waals surface area contributed by atoms with Gasteiger partial charge in [0.2, 0.25) is 0 Å². The molecule has 0 radical (unpaired) electrons. The van der Waals surface area contributed by atoms with Crippen molar-refractivity contribution < 1.29 is 9.90 Å². The standard InChI is InChI=1S/C11H16O2/c12-7-9-6-5-8-3-1-2-4-10(8)11(9)13/h7-8,10,12H,1-6H2. The van der Waals surface area contributed by atoms with Gasteiger partial charge in [-0.05, 0) is 31.6 Å². The van der Waals surface area contributed by atoms with Crippen LogP contribution >= 0.6 is 0 Å². The number of hydrogen-bond donors (Lipinski definition) is 1. The van der Waals surface area contributed by atoms with E-state index in [1.54, 1.807) is 0 Å². The quantitative estimate of drug-likeness (QED) is 0.459. The Bertz CT molecular complexity index is 242. The molecule has 2 atom stereocenters. The number of rotatable bonds is 0. The molecule has 0 spiro atoms. The number of carbonyl (C=O) groups is 1. The van der Waals surface area contributed by atoms with E-state index in [2.05, 4.69) is 0 Å². The molecule has 0 aromatic rings. The molecule has 0 heterocycles. The number of ketones is 1. The molecule has 0 aliphatic heterocycles. The molecule has 0 aromatic heterocycles. The predicted molar refractivity (Wildman–Crippen MR) is 50.4 cm³/mol. The van der Waals surface area contributed by atoms with Crippen molar-refractivity contribution in [1.29, 1.82) is 0 Å². The highest BCUT2D eigenvalue weighted by molar-refractivity contribution is 5.97. The molecule has 0 bridgehead atoms. The number of carbonyl (C=O) groups excluding carboxylic acids is 1. The summed E-state index contributed by atoms with van der Waals surface area (Å²) in [5.41, 5.74) is 0.656. The van der Waals surface area contributed by atoms with E-state index in [1.165, 1.54) is 19.3 Å². The average molecular weight is 180 g/mol. The van der Waals surface area contributed by atoms with Crippen LogP contribution in [-0.2, 0) is 4.79 Å². The summed E-state index contributed by atoms with van der Waals surface area (Å²) in [6, 6.07) is 0. The van der Waals surface area contributed by atoms with Crippen molar-refractivity contribution >= 4 is 5.78 Å². The van der Waals surface area contributed by atoms with Crippen LogP contribution in [0.1, 0.15) is 38.5 Å². The average Bonchev–Trinajstić information content (AvgIpc) is 2.19. The molecule has 0 saturated heterocycles. The van der Waals surface area contributed by atoms with Crippen LogP contribution in [0.5, 0.6) is 0 Å². The second kappa shape index (κ2) is 3.52.